The van der Waals surface area contributed by atoms with E-state index in [2.05, 4.69) is 5.32 Å². The first-order chi connectivity index (χ1) is 8.67. The minimum Gasteiger partial charge on any atom is -0.493 e. The molecule has 1 aromatic rings. The number of rotatable bonds is 4. The summed E-state index contributed by atoms with van der Waals surface area (Å²) in [6.45, 7) is 0.938. The van der Waals surface area contributed by atoms with Crippen molar-refractivity contribution in [1.82, 2.24) is 5.32 Å². The first-order valence-corrected chi connectivity index (χ1v) is 5.90. The zero-order valence-electron chi connectivity index (χ0n) is 10.5. The average Bonchev–Trinajstić information content (AvgIpc) is 2.90. The Labute approximate surface area is 106 Å². The van der Waals surface area contributed by atoms with Crippen molar-refractivity contribution in [1.29, 1.82) is 0 Å². The summed E-state index contributed by atoms with van der Waals surface area (Å²) in [6, 6.07) is 3.28. The van der Waals surface area contributed by atoms with Crippen LogP contribution in [0.25, 0.3) is 0 Å². The van der Waals surface area contributed by atoms with Gasteiger partial charge in [0, 0.05) is 11.6 Å². The van der Waals surface area contributed by atoms with E-state index in [1.54, 1.807) is 13.2 Å². The Bertz CT molecular complexity index is 453. The molecule has 0 saturated carbocycles. The molecule has 1 unspecified atom stereocenters. The maximum absolute atomic E-state index is 11.1. The lowest BCUT2D eigenvalue weighted by Crippen LogP contribution is -2.15. The third-order valence-electron chi connectivity index (χ3n) is 3.19. The molecule has 5 nitrogen and oxygen atoms in total. The highest BCUT2D eigenvalue weighted by Gasteiger charge is 2.24. The van der Waals surface area contributed by atoms with E-state index in [0.29, 0.717) is 11.5 Å². The number of benzene rings is 1. The number of carboxylic acid groups (broad SMARTS) is 1. The quantitative estimate of drug-likeness (QED) is 0.854. The van der Waals surface area contributed by atoms with Gasteiger partial charge in [-0.05, 0) is 31.5 Å². The summed E-state index contributed by atoms with van der Waals surface area (Å²) < 4.78 is 10.6. The minimum atomic E-state index is -0.963. The first-order valence-electron chi connectivity index (χ1n) is 5.90. The summed E-state index contributed by atoms with van der Waals surface area (Å²) in [5.41, 5.74) is 1.07. The summed E-state index contributed by atoms with van der Waals surface area (Å²) in [5, 5.41) is 12.5. The molecule has 2 N–H and O–H groups in total. The molecular weight excluding hydrogens is 234 g/mol. The lowest BCUT2D eigenvalue weighted by molar-refractivity contribution is 0.0696. The number of ether oxygens (including phenoxy) is 2. The zero-order valence-corrected chi connectivity index (χ0v) is 10.5. The first kappa shape index (κ1) is 12.7. The molecule has 5 heteroatoms. The molecule has 2 rings (SSSR count). The van der Waals surface area contributed by atoms with E-state index in [9.17, 15) is 4.79 Å². The smallest absolute Gasteiger partial charge is 0.335 e. The number of aromatic carboxylic acids is 1. The Morgan fingerprint density at radius 2 is 2.17 bits per heavy atom. The molecule has 0 radical (unpaired) electrons. The van der Waals surface area contributed by atoms with E-state index >= 15 is 0 Å². The maximum atomic E-state index is 11.1. The van der Waals surface area contributed by atoms with Crippen molar-refractivity contribution >= 4 is 5.97 Å². The van der Waals surface area contributed by atoms with Gasteiger partial charge in [0.25, 0.3) is 0 Å². The van der Waals surface area contributed by atoms with Gasteiger partial charge in [0.15, 0.2) is 11.5 Å². The van der Waals surface area contributed by atoms with Crippen LogP contribution in [0.2, 0.25) is 0 Å². The van der Waals surface area contributed by atoms with E-state index < -0.39 is 5.97 Å². The van der Waals surface area contributed by atoms with Crippen LogP contribution in [0.3, 0.4) is 0 Å². The predicted octanol–water partition coefficient (Wildman–Crippen LogP) is 1.83. The minimum absolute atomic E-state index is 0.133. The number of carboxylic acids is 1. The van der Waals surface area contributed by atoms with Gasteiger partial charge in [0.05, 0.1) is 19.8 Å². The average molecular weight is 251 g/mol. The third-order valence-corrected chi connectivity index (χ3v) is 3.19. The zero-order chi connectivity index (χ0) is 13.1. The Balaban J connectivity index is 2.52. The largest absolute Gasteiger partial charge is 0.493 e. The summed E-state index contributed by atoms with van der Waals surface area (Å²) in [5.74, 6) is 0.109. The van der Waals surface area contributed by atoms with Crippen molar-refractivity contribution in [2.45, 2.75) is 18.9 Å². The molecule has 98 valence electrons. The van der Waals surface area contributed by atoms with Gasteiger partial charge in [-0.25, -0.2) is 4.79 Å². The van der Waals surface area contributed by atoms with E-state index in [-0.39, 0.29) is 11.6 Å². The van der Waals surface area contributed by atoms with E-state index in [0.717, 1.165) is 24.9 Å². The predicted molar refractivity (Wildman–Crippen MR) is 66.5 cm³/mol. The molecule has 0 aromatic heterocycles. The summed E-state index contributed by atoms with van der Waals surface area (Å²) in [6.07, 6.45) is 2.05. The number of methoxy groups -OCH3 is 2. The van der Waals surface area contributed by atoms with Crippen LogP contribution in [0, 0.1) is 0 Å². The Morgan fingerprint density at radius 1 is 1.39 bits per heavy atom. The van der Waals surface area contributed by atoms with Crippen LogP contribution in [0.5, 0.6) is 11.5 Å². The van der Waals surface area contributed by atoms with Crippen LogP contribution in [-0.4, -0.2) is 31.8 Å². The lowest BCUT2D eigenvalue weighted by atomic mass is 10.0. The fraction of sp³-hybridized carbons (Fsp3) is 0.462. The Morgan fingerprint density at radius 3 is 2.67 bits per heavy atom. The molecule has 0 bridgehead atoms. The third kappa shape index (κ3) is 2.26. The van der Waals surface area contributed by atoms with E-state index in [4.69, 9.17) is 14.6 Å². The summed E-state index contributed by atoms with van der Waals surface area (Å²) in [7, 11) is 3.08. The standard InChI is InChI=1S/C13H17NO4/c1-17-11-7-8(13(15)16)6-9(12(11)18-2)10-4-3-5-14-10/h6-7,10,14H,3-5H2,1-2H3,(H,15,16). The SMILES string of the molecule is COc1cc(C(=O)O)cc(C2CCCN2)c1OC. The highest BCUT2D eigenvalue weighted by Crippen LogP contribution is 2.38. The van der Waals surface area contributed by atoms with Gasteiger partial charge in [-0.3, -0.25) is 0 Å². The van der Waals surface area contributed by atoms with Crippen LogP contribution in [0.4, 0.5) is 0 Å². The number of nitrogens with one attached hydrogen (secondary N) is 1. The van der Waals surface area contributed by atoms with Gasteiger partial charge in [0.1, 0.15) is 0 Å². The second-order valence-electron chi connectivity index (χ2n) is 4.26. The molecular formula is C13H17NO4. The highest BCUT2D eigenvalue weighted by atomic mass is 16.5. The van der Waals surface area contributed by atoms with Crippen LogP contribution in [0.1, 0.15) is 34.8 Å². The van der Waals surface area contributed by atoms with Crippen LogP contribution in [0.15, 0.2) is 12.1 Å². The lowest BCUT2D eigenvalue weighted by Gasteiger charge is -2.18. The molecule has 1 aromatic carbocycles. The topological polar surface area (TPSA) is 67.8 Å². The molecule has 1 fully saturated rings. The van der Waals surface area contributed by atoms with Gasteiger partial charge in [-0.2, -0.15) is 0 Å². The second kappa shape index (κ2) is 5.27. The molecule has 0 spiro atoms. The number of hydrogen-bond donors (Lipinski definition) is 2. The second-order valence-corrected chi connectivity index (χ2v) is 4.26. The van der Waals surface area contributed by atoms with Gasteiger partial charge < -0.3 is 19.9 Å². The van der Waals surface area contributed by atoms with Crippen molar-refractivity contribution in [3.63, 3.8) is 0 Å². The van der Waals surface area contributed by atoms with Gasteiger partial charge in [0.2, 0.25) is 0 Å². The number of carbonyl (C=O) groups is 1. The number of hydrogen-bond acceptors (Lipinski definition) is 4. The summed E-state index contributed by atoms with van der Waals surface area (Å²) >= 11 is 0. The van der Waals surface area contributed by atoms with E-state index in [1.807, 2.05) is 0 Å². The Hall–Kier alpha value is -1.75. The van der Waals surface area contributed by atoms with Crippen LogP contribution in [-0.2, 0) is 0 Å². The van der Waals surface area contributed by atoms with Crippen LogP contribution < -0.4 is 14.8 Å². The van der Waals surface area contributed by atoms with Crippen molar-refractivity contribution in [2.75, 3.05) is 20.8 Å². The van der Waals surface area contributed by atoms with Gasteiger partial charge >= 0.3 is 5.97 Å². The molecule has 1 aliphatic heterocycles. The fourth-order valence-electron chi connectivity index (χ4n) is 2.33. The van der Waals surface area contributed by atoms with Crippen molar-refractivity contribution in [3.05, 3.63) is 23.3 Å². The Kier molecular flexibility index (Phi) is 3.72. The molecule has 1 saturated heterocycles. The highest BCUT2D eigenvalue weighted by molar-refractivity contribution is 5.89. The molecule has 1 atom stereocenters. The molecule has 0 aliphatic carbocycles. The van der Waals surface area contributed by atoms with Crippen molar-refractivity contribution in [3.8, 4) is 11.5 Å². The molecule has 0 amide bonds. The molecule has 18 heavy (non-hydrogen) atoms. The van der Waals surface area contributed by atoms with Crippen molar-refractivity contribution < 1.29 is 19.4 Å². The normalized spacial score (nSPS) is 18.7. The van der Waals surface area contributed by atoms with Crippen molar-refractivity contribution in [2.24, 2.45) is 0 Å². The van der Waals surface area contributed by atoms with Gasteiger partial charge in [-0.1, -0.05) is 0 Å². The van der Waals surface area contributed by atoms with Crippen LogP contribution >= 0.6 is 0 Å². The molecule has 1 heterocycles. The molecule has 1 aliphatic rings. The van der Waals surface area contributed by atoms with Gasteiger partial charge in [-0.15, -0.1) is 0 Å². The van der Waals surface area contributed by atoms with E-state index in [1.165, 1.54) is 13.2 Å². The summed E-state index contributed by atoms with van der Waals surface area (Å²) in [4.78, 5) is 11.1. The monoisotopic (exact) mass is 251 g/mol. The maximum Gasteiger partial charge on any atom is 0.335 e. The fourth-order valence-corrected chi connectivity index (χ4v) is 2.33.